The quantitative estimate of drug-likeness (QED) is 0.858. The van der Waals surface area contributed by atoms with E-state index in [-0.39, 0.29) is 0 Å². The lowest BCUT2D eigenvalue weighted by Gasteiger charge is -2.10. The van der Waals surface area contributed by atoms with Gasteiger partial charge >= 0.3 is 0 Å². The van der Waals surface area contributed by atoms with Crippen LogP contribution in [0.5, 0.6) is 5.75 Å². The predicted octanol–water partition coefficient (Wildman–Crippen LogP) is 2.98. The second kappa shape index (κ2) is 5.99. The molecule has 2 rings (SSSR count). The van der Waals surface area contributed by atoms with E-state index in [9.17, 15) is 4.79 Å². The maximum Gasteiger partial charge on any atom is 0.156 e. The van der Waals surface area contributed by atoms with Crippen LogP contribution in [0.4, 0.5) is 5.82 Å². The zero-order valence-corrected chi connectivity index (χ0v) is 12.9. The number of aryl methyl sites for hydroxylation is 3. The number of aldehydes is 1. The number of ether oxygens (including phenoxy) is 1. The average Bonchev–Trinajstić information content (AvgIpc) is 2.77. The van der Waals surface area contributed by atoms with E-state index in [4.69, 9.17) is 10.5 Å². The Bertz CT molecular complexity index is 675. The Morgan fingerprint density at radius 3 is 2.62 bits per heavy atom. The van der Waals surface area contributed by atoms with Crippen LogP contribution in [0, 0.1) is 13.8 Å². The molecule has 5 heteroatoms. The summed E-state index contributed by atoms with van der Waals surface area (Å²) >= 11 is 0. The molecule has 0 fully saturated rings. The van der Waals surface area contributed by atoms with E-state index < -0.39 is 0 Å². The van der Waals surface area contributed by atoms with Crippen molar-refractivity contribution in [2.45, 2.75) is 33.7 Å². The number of hydrogen-bond acceptors (Lipinski definition) is 4. The number of methoxy groups -OCH3 is 1. The SMILES string of the molecule is CCCn1nc(-c2cc(C)c(OC)cc2C)c(C=O)c1N. The molecule has 1 aromatic heterocycles. The van der Waals surface area contributed by atoms with E-state index in [1.165, 1.54) is 0 Å². The highest BCUT2D eigenvalue weighted by Gasteiger charge is 2.18. The summed E-state index contributed by atoms with van der Waals surface area (Å²) in [5, 5.41) is 4.52. The van der Waals surface area contributed by atoms with Crippen molar-refractivity contribution in [2.75, 3.05) is 12.8 Å². The fourth-order valence-electron chi connectivity index (χ4n) is 2.45. The summed E-state index contributed by atoms with van der Waals surface area (Å²) in [4.78, 5) is 11.4. The molecule has 112 valence electrons. The van der Waals surface area contributed by atoms with Gasteiger partial charge in [-0.3, -0.25) is 4.79 Å². The molecule has 0 aliphatic rings. The van der Waals surface area contributed by atoms with Crippen molar-refractivity contribution >= 4 is 12.1 Å². The number of carbonyl (C=O) groups is 1. The van der Waals surface area contributed by atoms with Gasteiger partial charge in [0.1, 0.15) is 17.3 Å². The summed E-state index contributed by atoms with van der Waals surface area (Å²) in [6, 6.07) is 3.94. The van der Waals surface area contributed by atoms with Crippen molar-refractivity contribution in [3.8, 4) is 17.0 Å². The molecule has 1 heterocycles. The lowest BCUT2D eigenvalue weighted by Crippen LogP contribution is -2.04. The number of nitrogens with zero attached hydrogens (tertiary/aromatic N) is 2. The molecule has 0 saturated heterocycles. The van der Waals surface area contributed by atoms with Gasteiger partial charge in [-0.05, 0) is 43.5 Å². The summed E-state index contributed by atoms with van der Waals surface area (Å²) < 4.78 is 7.01. The first-order valence-corrected chi connectivity index (χ1v) is 7.00. The third kappa shape index (κ3) is 2.63. The summed E-state index contributed by atoms with van der Waals surface area (Å²) in [5.74, 6) is 1.25. The van der Waals surface area contributed by atoms with Gasteiger partial charge in [0, 0.05) is 12.1 Å². The molecule has 0 amide bonds. The topological polar surface area (TPSA) is 70.1 Å². The number of aromatic nitrogens is 2. The standard InChI is InChI=1S/C16H21N3O2/c1-5-6-19-16(17)13(9-20)15(18-19)12-7-11(3)14(21-4)8-10(12)2/h7-9H,5-6,17H2,1-4H3. The van der Waals surface area contributed by atoms with Crippen LogP contribution in [0.3, 0.4) is 0 Å². The molecule has 2 N–H and O–H groups in total. The highest BCUT2D eigenvalue weighted by Crippen LogP contribution is 2.32. The van der Waals surface area contributed by atoms with Crippen LogP contribution in [0.1, 0.15) is 34.8 Å². The Balaban J connectivity index is 2.64. The average molecular weight is 287 g/mol. The number of nitrogen functional groups attached to an aromatic ring is 1. The number of carbonyl (C=O) groups excluding carboxylic acids is 1. The van der Waals surface area contributed by atoms with Gasteiger partial charge in [-0.2, -0.15) is 5.10 Å². The van der Waals surface area contributed by atoms with Gasteiger partial charge in [-0.15, -0.1) is 0 Å². The van der Waals surface area contributed by atoms with Crippen LogP contribution in [0.15, 0.2) is 12.1 Å². The van der Waals surface area contributed by atoms with E-state index in [0.717, 1.165) is 35.1 Å². The van der Waals surface area contributed by atoms with Crippen molar-refractivity contribution in [1.82, 2.24) is 9.78 Å². The smallest absolute Gasteiger partial charge is 0.156 e. The maximum absolute atomic E-state index is 11.4. The normalized spacial score (nSPS) is 10.7. The highest BCUT2D eigenvalue weighted by molar-refractivity contribution is 5.92. The third-order valence-corrected chi connectivity index (χ3v) is 3.58. The third-order valence-electron chi connectivity index (χ3n) is 3.58. The molecule has 21 heavy (non-hydrogen) atoms. The first-order valence-electron chi connectivity index (χ1n) is 7.00. The predicted molar refractivity (Wildman–Crippen MR) is 83.8 cm³/mol. The van der Waals surface area contributed by atoms with Gasteiger partial charge in [0.15, 0.2) is 6.29 Å². The Morgan fingerprint density at radius 1 is 1.33 bits per heavy atom. The summed E-state index contributed by atoms with van der Waals surface area (Å²) in [6.07, 6.45) is 1.69. The summed E-state index contributed by atoms with van der Waals surface area (Å²) in [6.45, 7) is 6.68. The molecule has 1 aromatic carbocycles. The summed E-state index contributed by atoms with van der Waals surface area (Å²) in [7, 11) is 1.65. The van der Waals surface area contributed by atoms with E-state index in [1.54, 1.807) is 11.8 Å². The molecule has 0 saturated carbocycles. The van der Waals surface area contributed by atoms with Gasteiger partial charge in [0.25, 0.3) is 0 Å². The number of anilines is 1. The molecule has 0 atom stereocenters. The number of rotatable bonds is 5. The van der Waals surface area contributed by atoms with E-state index in [0.29, 0.717) is 23.6 Å². The zero-order chi connectivity index (χ0) is 15.6. The summed E-state index contributed by atoms with van der Waals surface area (Å²) in [5.41, 5.74) is 10.0. The van der Waals surface area contributed by atoms with Gasteiger partial charge in [-0.25, -0.2) is 4.68 Å². The van der Waals surface area contributed by atoms with Crippen molar-refractivity contribution in [2.24, 2.45) is 0 Å². The number of hydrogen-bond donors (Lipinski definition) is 1. The molecule has 0 aliphatic carbocycles. The van der Waals surface area contributed by atoms with Crippen molar-refractivity contribution < 1.29 is 9.53 Å². The van der Waals surface area contributed by atoms with Crippen LogP contribution in [0.2, 0.25) is 0 Å². The van der Waals surface area contributed by atoms with Gasteiger partial charge in [-0.1, -0.05) is 6.92 Å². The number of nitrogens with two attached hydrogens (primary N) is 1. The first kappa shape index (κ1) is 15.1. The lowest BCUT2D eigenvalue weighted by atomic mass is 9.99. The van der Waals surface area contributed by atoms with Crippen LogP contribution in [-0.4, -0.2) is 23.2 Å². The fourth-order valence-corrected chi connectivity index (χ4v) is 2.45. The van der Waals surface area contributed by atoms with Crippen molar-refractivity contribution in [3.05, 3.63) is 28.8 Å². The Hall–Kier alpha value is -2.30. The molecular formula is C16H21N3O2. The molecule has 2 aromatic rings. The van der Waals surface area contributed by atoms with Crippen molar-refractivity contribution in [1.29, 1.82) is 0 Å². The fraction of sp³-hybridized carbons (Fsp3) is 0.375. The van der Waals surface area contributed by atoms with Crippen LogP contribution in [0.25, 0.3) is 11.3 Å². The molecule has 0 spiro atoms. The minimum absolute atomic E-state index is 0.426. The monoisotopic (exact) mass is 287 g/mol. The Kier molecular flexibility index (Phi) is 4.31. The largest absolute Gasteiger partial charge is 0.496 e. The Morgan fingerprint density at radius 2 is 2.05 bits per heavy atom. The van der Waals surface area contributed by atoms with Crippen LogP contribution < -0.4 is 10.5 Å². The zero-order valence-electron chi connectivity index (χ0n) is 12.9. The first-order chi connectivity index (χ1) is 10.0. The van der Waals surface area contributed by atoms with Gasteiger partial charge in [0.05, 0.1) is 12.7 Å². The molecule has 0 radical (unpaired) electrons. The van der Waals surface area contributed by atoms with Crippen molar-refractivity contribution in [3.63, 3.8) is 0 Å². The second-order valence-corrected chi connectivity index (χ2v) is 5.13. The van der Waals surface area contributed by atoms with Gasteiger partial charge < -0.3 is 10.5 Å². The van der Waals surface area contributed by atoms with Crippen LogP contribution >= 0.6 is 0 Å². The Labute approximate surface area is 124 Å². The highest BCUT2D eigenvalue weighted by atomic mass is 16.5. The maximum atomic E-state index is 11.4. The lowest BCUT2D eigenvalue weighted by molar-refractivity contribution is 0.112. The van der Waals surface area contributed by atoms with E-state index in [1.807, 2.05) is 32.9 Å². The molecule has 0 bridgehead atoms. The molecule has 0 unspecified atom stereocenters. The molecular weight excluding hydrogens is 266 g/mol. The minimum Gasteiger partial charge on any atom is -0.496 e. The van der Waals surface area contributed by atoms with Gasteiger partial charge in [0.2, 0.25) is 0 Å². The molecule has 0 aliphatic heterocycles. The molecule has 5 nitrogen and oxygen atoms in total. The van der Waals surface area contributed by atoms with E-state index >= 15 is 0 Å². The van der Waals surface area contributed by atoms with E-state index in [2.05, 4.69) is 5.10 Å². The van der Waals surface area contributed by atoms with Crippen LogP contribution in [-0.2, 0) is 6.54 Å². The number of benzene rings is 1. The second-order valence-electron chi connectivity index (χ2n) is 5.13. The minimum atomic E-state index is 0.426.